The van der Waals surface area contributed by atoms with Gasteiger partial charge in [-0.3, -0.25) is 20.1 Å². The maximum atomic E-state index is 11.0. The fourth-order valence-electron chi connectivity index (χ4n) is 2.96. The average Bonchev–Trinajstić information content (AvgIpc) is 2.75. The van der Waals surface area contributed by atoms with Gasteiger partial charge in [0.05, 0.1) is 22.0 Å². The minimum Gasteiger partial charge on any atom is -0.261 e. The molecule has 0 unspecified atom stereocenters. The second kappa shape index (κ2) is 7.75. The van der Waals surface area contributed by atoms with E-state index in [0.29, 0.717) is 11.4 Å². The molecule has 0 spiro atoms. The molecule has 4 aromatic rings. The zero-order valence-electron chi connectivity index (χ0n) is 14.9. The Hall–Kier alpha value is -3.93. The zero-order chi connectivity index (χ0) is 19.3. The molecule has 6 heteroatoms. The number of hydrogen-bond acceptors (Lipinski definition) is 5. The van der Waals surface area contributed by atoms with Crippen LogP contribution < -0.4 is 0 Å². The first-order valence-electron chi connectivity index (χ1n) is 8.76. The third-order valence-corrected chi connectivity index (χ3v) is 4.30. The lowest BCUT2D eigenvalue weighted by Crippen LogP contribution is -1.94. The van der Waals surface area contributed by atoms with Crippen molar-refractivity contribution in [2.24, 2.45) is 0 Å². The van der Waals surface area contributed by atoms with Gasteiger partial charge in [0, 0.05) is 42.2 Å². The Labute approximate surface area is 161 Å². The monoisotopic (exact) mass is 368 g/mol. The fourth-order valence-corrected chi connectivity index (χ4v) is 2.96. The highest BCUT2D eigenvalue weighted by molar-refractivity contribution is 5.65. The van der Waals surface area contributed by atoms with Crippen LogP contribution in [0.4, 0.5) is 5.69 Å². The van der Waals surface area contributed by atoms with Gasteiger partial charge in [-0.1, -0.05) is 30.3 Å². The molecule has 3 aromatic heterocycles. The van der Waals surface area contributed by atoms with Gasteiger partial charge in [-0.25, -0.2) is 4.98 Å². The summed E-state index contributed by atoms with van der Waals surface area (Å²) in [7, 11) is 0. The topological polar surface area (TPSA) is 81.8 Å². The number of nitrogens with zero attached hydrogens (tertiary/aromatic N) is 4. The van der Waals surface area contributed by atoms with E-state index in [1.807, 2.05) is 42.5 Å². The summed E-state index contributed by atoms with van der Waals surface area (Å²) < 4.78 is 0. The fraction of sp³-hybridized carbons (Fsp3) is 0.0455. The highest BCUT2D eigenvalue weighted by atomic mass is 16.6. The first kappa shape index (κ1) is 17.5. The van der Waals surface area contributed by atoms with Crippen molar-refractivity contribution in [3.8, 4) is 22.6 Å². The second-order valence-electron chi connectivity index (χ2n) is 6.26. The summed E-state index contributed by atoms with van der Waals surface area (Å²) in [4.78, 5) is 23.8. The quantitative estimate of drug-likeness (QED) is 0.376. The molecule has 0 fully saturated rings. The minimum atomic E-state index is -0.434. The van der Waals surface area contributed by atoms with Crippen molar-refractivity contribution in [1.82, 2.24) is 15.0 Å². The van der Waals surface area contributed by atoms with Crippen molar-refractivity contribution >= 4 is 5.69 Å². The predicted octanol–water partition coefficient (Wildman–Crippen LogP) is 4.70. The number of pyridine rings is 3. The Kier molecular flexibility index (Phi) is 4.84. The summed E-state index contributed by atoms with van der Waals surface area (Å²) in [5.74, 6) is 0. The lowest BCUT2D eigenvalue weighted by molar-refractivity contribution is -0.384. The molecule has 3 heterocycles. The lowest BCUT2D eigenvalue weighted by atomic mass is 10.0. The second-order valence-corrected chi connectivity index (χ2v) is 6.26. The van der Waals surface area contributed by atoms with Gasteiger partial charge in [0.1, 0.15) is 0 Å². The summed E-state index contributed by atoms with van der Waals surface area (Å²) in [6, 6.07) is 22.4. The van der Waals surface area contributed by atoms with E-state index in [2.05, 4.69) is 27.1 Å². The van der Waals surface area contributed by atoms with Crippen LogP contribution in [-0.4, -0.2) is 19.9 Å². The third-order valence-electron chi connectivity index (χ3n) is 4.30. The largest absolute Gasteiger partial charge is 0.273 e. The molecule has 0 aliphatic rings. The van der Waals surface area contributed by atoms with Gasteiger partial charge >= 0.3 is 0 Å². The van der Waals surface area contributed by atoms with E-state index in [1.54, 1.807) is 12.3 Å². The van der Waals surface area contributed by atoms with Crippen molar-refractivity contribution in [1.29, 1.82) is 0 Å². The van der Waals surface area contributed by atoms with E-state index in [1.165, 1.54) is 18.3 Å². The summed E-state index contributed by atoms with van der Waals surface area (Å²) in [6.45, 7) is 0. The van der Waals surface area contributed by atoms with E-state index in [4.69, 9.17) is 0 Å². The number of rotatable bonds is 5. The summed E-state index contributed by atoms with van der Waals surface area (Å²) >= 11 is 0. The van der Waals surface area contributed by atoms with E-state index in [0.717, 1.165) is 28.9 Å². The van der Waals surface area contributed by atoms with Gasteiger partial charge in [-0.15, -0.1) is 0 Å². The van der Waals surface area contributed by atoms with E-state index in [-0.39, 0.29) is 5.69 Å². The molecule has 0 N–H and O–H groups in total. The van der Waals surface area contributed by atoms with Gasteiger partial charge in [0.25, 0.3) is 5.69 Å². The first-order valence-corrected chi connectivity index (χ1v) is 8.76. The van der Waals surface area contributed by atoms with Crippen molar-refractivity contribution in [2.75, 3.05) is 0 Å². The summed E-state index contributed by atoms with van der Waals surface area (Å²) in [5.41, 5.74) is 4.96. The molecule has 0 amide bonds. The molecule has 0 saturated heterocycles. The highest BCUT2D eigenvalue weighted by Gasteiger charge is 2.10. The molecule has 0 aliphatic carbocycles. The van der Waals surface area contributed by atoms with Crippen molar-refractivity contribution in [2.45, 2.75) is 6.42 Å². The van der Waals surface area contributed by atoms with Gasteiger partial charge in [-0.2, -0.15) is 0 Å². The molecule has 136 valence electrons. The van der Waals surface area contributed by atoms with Crippen LogP contribution in [0.1, 0.15) is 11.3 Å². The third kappa shape index (κ3) is 3.91. The van der Waals surface area contributed by atoms with Crippen LogP contribution in [0.2, 0.25) is 0 Å². The molecular formula is C22H16N4O2. The Morgan fingerprint density at radius 2 is 1.64 bits per heavy atom. The average molecular weight is 368 g/mol. The van der Waals surface area contributed by atoms with Crippen LogP contribution in [0.3, 0.4) is 0 Å². The summed E-state index contributed by atoms with van der Waals surface area (Å²) in [6.07, 6.45) is 3.95. The van der Waals surface area contributed by atoms with Gasteiger partial charge in [0.2, 0.25) is 0 Å². The number of aromatic nitrogens is 3. The SMILES string of the molecule is O=[N+]([O-])c1ccnc(-c2cccc(-c3cccc(Cc4ccccn4)c3)n2)c1. The zero-order valence-corrected chi connectivity index (χ0v) is 14.9. The number of hydrogen-bond donors (Lipinski definition) is 0. The standard InChI is InChI=1S/C22H16N4O2/c27-26(28)19-10-12-24-22(15-19)21-9-4-8-20(25-21)17-6-3-5-16(13-17)14-18-7-1-2-11-23-18/h1-13,15H,14H2. The Morgan fingerprint density at radius 3 is 2.46 bits per heavy atom. The van der Waals surface area contributed by atoms with E-state index >= 15 is 0 Å². The molecule has 1 aromatic carbocycles. The van der Waals surface area contributed by atoms with Crippen molar-refractivity contribution < 1.29 is 4.92 Å². The first-order chi connectivity index (χ1) is 13.7. The maximum Gasteiger partial charge on any atom is 0.273 e. The smallest absolute Gasteiger partial charge is 0.261 e. The Bertz CT molecular complexity index is 1130. The van der Waals surface area contributed by atoms with Crippen LogP contribution >= 0.6 is 0 Å². The maximum absolute atomic E-state index is 11.0. The molecule has 6 nitrogen and oxygen atoms in total. The molecule has 4 rings (SSSR count). The van der Waals surface area contributed by atoms with E-state index < -0.39 is 4.92 Å². The van der Waals surface area contributed by atoms with Crippen LogP contribution in [0.5, 0.6) is 0 Å². The molecular weight excluding hydrogens is 352 g/mol. The predicted molar refractivity (Wildman–Crippen MR) is 107 cm³/mol. The Balaban J connectivity index is 1.65. The van der Waals surface area contributed by atoms with Crippen molar-refractivity contribution in [3.63, 3.8) is 0 Å². The van der Waals surface area contributed by atoms with E-state index in [9.17, 15) is 10.1 Å². The van der Waals surface area contributed by atoms with Gasteiger partial charge in [0.15, 0.2) is 0 Å². The van der Waals surface area contributed by atoms with Crippen LogP contribution in [0.25, 0.3) is 22.6 Å². The molecule has 0 bridgehead atoms. The molecule has 0 radical (unpaired) electrons. The number of nitro groups is 1. The number of benzene rings is 1. The molecule has 28 heavy (non-hydrogen) atoms. The Morgan fingerprint density at radius 1 is 0.786 bits per heavy atom. The van der Waals surface area contributed by atoms with Crippen LogP contribution in [-0.2, 0) is 6.42 Å². The normalized spacial score (nSPS) is 10.6. The summed E-state index contributed by atoms with van der Waals surface area (Å²) in [5, 5.41) is 11.0. The molecule has 0 atom stereocenters. The lowest BCUT2D eigenvalue weighted by Gasteiger charge is -2.07. The molecule has 0 aliphatic heterocycles. The van der Waals surface area contributed by atoms with Crippen LogP contribution in [0.15, 0.2) is 85.2 Å². The highest BCUT2D eigenvalue weighted by Crippen LogP contribution is 2.24. The van der Waals surface area contributed by atoms with Gasteiger partial charge < -0.3 is 0 Å². The minimum absolute atomic E-state index is 0.00504. The molecule has 0 saturated carbocycles. The van der Waals surface area contributed by atoms with Gasteiger partial charge in [-0.05, 0) is 35.9 Å². The van der Waals surface area contributed by atoms with Crippen LogP contribution in [0, 0.1) is 10.1 Å². The van der Waals surface area contributed by atoms with Crippen molar-refractivity contribution in [3.05, 3.63) is 107 Å².